The van der Waals surface area contributed by atoms with Crippen molar-refractivity contribution in [1.29, 1.82) is 0 Å². The third-order valence-electron chi connectivity index (χ3n) is 4.85. The van der Waals surface area contributed by atoms with Crippen molar-refractivity contribution in [2.24, 2.45) is 0 Å². The van der Waals surface area contributed by atoms with Crippen molar-refractivity contribution in [2.45, 2.75) is 57.0 Å². The van der Waals surface area contributed by atoms with Crippen molar-refractivity contribution < 1.29 is 4.79 Å². The van der Waals surface area contributed by atoms with Crippen LogP contribution in [0.1, 0.15) is 66.3 Å². The molecule has 126 valence electrons. The fourth-order valence-electron chi connectivity index (χ4n) is 3.15. The fraction of sp³-hybridized carbons (Fsp3) is 0.529. The smallest absolute Gasteiger partial charge is 0.254 e. The highest BCUT2D eigenvalue weighted by molar-refractivity contribution is 5.93. The van der Waals surface area contributed by atoms with Gasteiger partial charge in [0.1, 0.15) is 5.82 Å². The minimum atomic E-state index is -0.0873. The van der Waals surface area contributed by atoms with Gasteiger partial charge in [-0.05, 0) is 32.6 Å². The Morgan fingerprint density at radius 1 is 1.38 bits per heavy atom. The van der Waals surface area contributed by atoms with Gasteiger partial charge in [-0.2, -0.15) is 5.10 Å². The SMILES string of the molecule is CCn1cc(C(=O)NC2CC(c3cc(=O)[nH]c(C4CC4)n3)C2)cn1. The lowest BCUT2D eigenvalue weighted by Crippen LogP contribution is -2.43. The molecule has 0 unspecified atom stereocenters. The molecule has 2 aliphatic carbocycles. The summed E-state index contributed by atoms with van der Waals surface area (Å²) >= 11 is 0. The van der Waals surface area contributed by atoms with E-state index in [1.54, 1.807) is 23.1 Å². The largest absolute Gasteiger partial charge is 0.349 e. The van der Waals surface area contributed by atoms with E-state index in [0.29, 0.717) is 11.5 Å². The molecule has 0 atom stereocenters. The van der Waals surface area contributed by atoms with E-state index in [0.717, 1.165) is 43.7 Å². The first-order chi connectivity index (χ1) is 11.6. The first-order valence-electron chi connectivity index (χ1n) is 8.57. The summed E-state index contributed by atoms with van der Waals surface area (Å²) in [6, 6.07) is 1.73. The Morgan fingerprint density at radius 2 is 2.17 bits per heavy atom. The van der Waals surface area contributed by atoms with E-state index in [-0.39, 0.29) is 23.4 Å². The number of carbonyl (C=O) groups excluding carboxylic acids is 1. The number of H-pyrrole nitrogens is 1. The predicted molar refractivity (Wildman–Crippen MR) is 88.0 cm³/mol. The molecule has 2 aliphatic rings. The molecule has 7 nitrogen and oxygen atoms in total. The van der Waals surface area contributed by atoms with Crippen LogP contribution in [0.15, 0.2) is 23.3 Å². The molecule has 0 spiro atoms. The molecule has 2 heterocycles. The van der Waals surface area contributed by atoms with E-state index in [2.05, 4.69) is 20.4 Å². The van der Waals surface area contributed by atoms with Crippen molar-refractivity contribution in [3.63, 3.8) is 0 Å². The maximum absolute atomic E-state index is 12.2. The standard InChI is InChI=1S/C17H21N5O2/c1-2-22-9-12(8-18-22)17(24)19-13-5-11(6-13)14-7-15(23)21-16(20-14)10-3-4-10/h7-11,13H,2-6H2,1H3,(H,19,24)(H,20,21,23). The van der Waals surface area contributed by atoms with Crippen LogP contribution >= 0.6 is 0 Å². The summed E-state index contributed by atoms with van der Waals surface area (Å²) in [5.74, 6) is 1.43. The highest BCUT2D eigenvalue weighted by atomic mass is 16.1. The number of rotatable bonds is 5. The molecule has 0 saturated heterocycles. The topological polar surface area (TPSA) is 92.7 Å². The molecule has 2 aromatic rings. The number of carbonyl (C=O) groups is 1. The molecule has 0 aliphatic heterocycles. The average Bonchev–Trinajstić information content (AvgIpc) is 3.27. The first kappa shape index (κ1) is 15.1. The number of aryl methyl sites for hydroxylation is 1. The molecule has 2 fully saturated rings. The zero-order chi connectivity index (χ0) is 16.7. The summed E-state index contributed by atoms with van der Waals surface area (Å²) in [5, 5.41) is 7.15. The summed E-state index contributed by atoms with van der Waals surface area (Å²) in [6.07, 6.45) is 7.23. The molecular formula is C17H21N5O2. The molecule has 0 radical (unpaired) electrons. The maximum atomic E-state index is 12.2. The van der Waals surface area contributed by atoms with E-state index >= 15 is 0 Å². The van der Waals surface area contributed by atoms with E-state index in [1.165, 1.54) is 0 Å². The molecule has 0 aromatic carbocycles. The average molecular weight is 327 g/mol. The molecule has 7 heteroatoms. The summed E-state index contributed by atoms with van der Waals surface area (Å²) in [5.41, 5.74) is 1.39. The zero-order valence-corrected chi connectivity index (χ0v) is 13.7. The third-order valence-corrected chi connectivity index (χ3v) is 4.85. The molecule has 4 rings (SSSR count). The van der Waals surface area contributed by atoms with Crippen LogP contribution < -0.4 is 10.9 Å². The van der Waals surface area contributed by atoms with Gasteiger partial charge < -0.3 is 10.3 Å². The summed E-state index contributed by atoms with van der Waals surface area (Å²) in [4.78, 5) is 31.4. The van der Waals surface area contributed by atoms with Gasteiger partial charge in [0.25, 0.3) is 11.5 Å². The van der Waals surface area contributed by atoms with Crippen molar-refractivity contribution in [3.05, 3.63) is 45.9 Å². The number of aromatic amines is 1. The second-order valence-electron chi connectivity index (χ2n) is 6.75. The van der Waals surface area contributed by atoms with Gasteiger partial charge in [-0.15, -0.1) is 0 Å². The molecule has 24 heavy (non-hydrogen) atoms. The number of amides is 1. The van der Waals surface area contributed by atoms with E-state index in [4.69, 9.17) is 0 Å². The Labute approximate surface area is 139 Å². The van der Waals surface area contributed by atoms with E-state index in [9.17, 15) is 9.59 Å². The molecule has 2 saturated carbocycles. The van der Waals surface area contributed by atoms with Crippen molar-refractivity contribution in [3.8, 4) is 0 Å². The lowest BCUT2D eigenvalue weighted by atomic mass is 9.78. The summed E-state index contributed by atoms with van der Waals surface area (Å²) in [6.45, 7) is 2.73. The lowest BCUT2D eigenvalue weighted by Gasteiger charge is -2.35. The van der Waals surface area contributed by atoms with Gasteiger partial charge in [-0.3, -0.25) is 14.3 Å². The Kier molecular flexibility index (Phi) is 3.70. The van der Waals surface area contributed by atoms with Crippen LogP contribution in [0, 0.1) is 0 Å². The van der Waals surface area contributed by atoms with Crippen LogP contribution in [0.3, 0.4) is 0 Å². The van der Waals surface area contributed by atoms with Crippen molar-refractivity contribution in [2.75, 3.05) is 0 Å². The van der Waals surface area contributed by atoms with Gasteiger partial charge in [-0.1, -0.05) is 0 Å². The fourth-order valence-corrected chi connectivity index (χ4v) is 3.15. The Hall–Kier alpha value is -2.44. The van der Waals surface area contributed by atoms with Crippen LogP contribution in [0.4, 0.5) is 0 Å². The lowest BCUT2D eigenvalue weighted by molar-refractivity contribution is 0.0908. The number of nitrogens with zero attached hydrogens (tertiary/aromatic N) is 3. The second kappa shape index (κ2) is 5.89. The first-order valence-corrected chi connectivity index (χ1v) is 8.57. The van der Waals surface area contributed by atoms with Gasteiger partial charge >= 0.3 is 0 Å². The summed E-state index contributed by atoms with van der Waals surface area (Å²) < 4.78 is 1.73. The molecule has 2 N–H and O–H groups in total. The van der Waals surface area contributed by atoms with Gasteiger partial charge in [0, 0.05) is 36.7 Å². The molecular weight excluding hydrogens is 306 g/mol. The van der Waals surface area contributed by atoms with Gasteiger partial charge in [0.15, 0.2) is 0 Å². The van der Waals surface area contributed by atoms with E-state index in [1.807, 2.05) is 6.92 Å². The monoisotopic (exact) mass is 327 g/mol. The third kappa shape index (κ3) is 2.98. The second-order valence-corrected chi connectivity index (χ2v) is 6.75. The number of hydrogen-bond acceptors (Lipinski definition) is 4. The minimum Gasteiger partial charge on any atom is -0.349 e. The Balaban J connectivity index is 1.36. The highest BCUT2D eigenvalue weighted by Crippen LogP contribution is 2.40. The summed E-state index contributed by atoms with van der Waals surface area (Å²) in [7, 11) is 0. The normalized spacial score (nSPS) is 22.9. The number of hydrogen-bond donors (Lipinski definition) is 2. The Bertz CT molecular complexity index is 814. The Morgan fingerprint density at radius 3 is 2.83 bits per heavy atom. The van der Waals surface area contributed by atoms with Crippen LogP contribution in [0.5, 0.6) is 0 Å². The van der Waals surface area contributed by atoms with Crippen LogP contribution in [-0.4, -0.2) is 31.7 Å². The number of nitrogens with one attached hydrogen (secondary N) is 2. The molecule has 2 aromatic heterocycles. The zero-order valence-electron chi connectivity index (χ0n) is 13.7. The van der Waals surface area contributed by atoms with Crippen molar-refractivity contribution >= 4 is 5.91 Å². The van der Waals surface area contributed by atoms with Crippen LogP contribution in [-0.2, 0) is 6.54 Å². The van der Waals surface area contributed by atoms with E-state index < -0.39 is 0 Å². The van der Waals surface area contributed by atoms with Crippen LogP contribution in [0.2, 0.25) is 0 Å². The maximum Gasteiger partial charge on any atom is 0.254 e. The minimum absolute atomic E-state index is 0.0682. The van der Waals surface area contributed by atoms with Gasteiger partial charge in [0.05, 0.1) is 17.5 Å². The predicted octanol–water partition coefficient (Wildman–Crippen LogP) is 1.54. The van der Waals surface area contributed by atoms with Gasteiger partial charge in [0.2, 0.25) is 0 Å². The highest BCUT2D eigenvalue weighted by Gasteiger charge is 2.34. The molecule has 0 bridgehead atoms. The quantitative estimate of drug-likeness (QED) is 0.871. The van der Waals surface area contributed by atoms with Crippen molar-refractivity contribution in [1.82, 2.24) is 25.1 Å². The molecule has 1 amide bonds. The van der Waals surface area contributed by atoms with Crippen LogP contribution in [0.25, 0.3) is 0 Å². The van der Waals surface area contributed by atoms with Gasteiger partial charge in [-0.25, -0.2) is 4.98 Å². The number of aromatic nitrogens is 4.